The molecular weight excluding hydrogens is 640 g/mol. The van der Waals surface area contributed by atoms with Crippen molar-refractivity contribution >= 4 is 21.7 Å². The molecular formula is C28H24F8N4O4S. The fraction of sp³-hybridized carbons (Fsp3) is 0.500. The van der Waals surface area contributed by atoms with Crippen molar-refractivity contribution < 1.29 is 53.1 Å². The molecule has 2 amide bonds. The first-order chi connectivity index (χ1) is 20.9. The third kappa shape index (κ3) is 4.83. The van der Waals surface area contributed by atoms with Gasteiger partial charge in [0, 0.05) is 31.3 Å². The number of nitrogens with zero attached hydrogens (tertiary/aromatic N) is 4. The zero-order chi connectivity index (χ0) is 33.2. The van der Waals surface area contributed by atoms with Crippen LogP contribution in [0, 0.1) is 17.1 Å². The number of sulfone groups is 1. The number of fused-ring (bicyclic) bond motifs is 3. The monoisotopic (exact) mass is 664 g/mol. The highest BCUT2D eigenvalue weighted by atomic mass is 32.2. The van der Waals surface area contributed by atoms with E-state index in [1.165, 1.54) is 9.80 Å². The molecule has 5 rings (SSSR count). The number of hydrogen-bond donors (Lipinski definition) is 0. The van der Waals surface area contributed by atoms with Gasteiger partial charge in [0.1, 0.15) is 16.6 Å². The molecule has 0 N–H and O–H groups in total. The summed E-state index contributed by atoms with van der Waals surface area (Å²) in [5.74, 6) is -1.82. The molecule has 2 aliphatic heterocycles. The smallest absolute Gasteiger partial charge is 0.336 e. The van der Waals surface area contributed by atoms with Crippen LogP contribution in [0.2, 0.25) is 0 Å². The van der Waals surface area contributed by atoms with Crippen molar-refractivity contribution in [2.45, 2.75) is 78.3 Å². The number of alkyl halides is 7. The molecule has 0 spiro atoms. The molecule has 1 aromatic carbocycles. The number of carbonyl (C=O) groups excluding carboxylic acids is 2. The van der Waals surface area contributed by atoms with Gasteiger partial charge in [-0.15, -0.1) is 0 Å². The number of rotatable bonds is 6. The van der Waals surface area contributed by atoms with Gasteiger partial charge in [-0.2, -0.15) is 31.6 Å². The van der Waals surface area contributed by atoms with E-state index in [4.69, 9.17) is 5.26 Å². The minimum atomic E-state index is -6.43. The Balaban J connectivity index is 1.65. The van der Waals surface area contributed by atoms with Crippen LogP contribution in [0.25, 0.3) is 0 Å². The zero-order valence-electron chi connectivity index (χ0n) is 23.1. The van der Waals surface area contributed by atoms with Crippen molar-refractivity contribution in [1.82, 2.24) is 14.8 Å². The second-order valence-electron chi connectivity index (χ2n) is 11.1. The Bertz CT molecular complexity index is 1660. The van der Waals surface area contributed by atoms with Gasteiger partial charge in [-0.25, -0.2) is 17.2 Å². The minimum absolute atomic E-state index is 0.00405. The van der Waals surface area contributed by atoms with Crippen molar-refractivity contribution in [2.75, 3.05) is 13.1 Å². The molecule has 0 radical (unpaired) electrons. The summed E-state index contributed by atoms with van der Waals surface area (Å²) in [6, 6.07) is 3.47. The Kier molecular flexibility index (Phi) is 7.90. The number of halogens is 8. The van der Waals surface area contributed by atoms with E-state index in [2.05, 4.69) is 4.98 Å². The minimum Gasteiger partial charge on any atom is -0.336 e. The molecule has 8 nitrogen and oxygen atoms in total. The van der Waals surface area contributed by atoms with E-state index < -0.39 is 79.0 Å². The van der Waals surface area contributed by atoms with Crippen LogP contribution in [0.1, 0.15) is 48.9 Å². The normalized spacial score (nSPS) is 23.9. The fourth-order valence-corrected chi connectivity index (χ4v) is 9.05. The molecule has 0 bridgehead atoms. The van der Waals surface area contributed by atoms with Gasteiger partial charge < -0.3 is 9.80 Å². The topological polar surface area (TPSA) is 111 Å². The van der Waals surface area contributed by atoms with Gasteiger partial charge in [-0.1, -0.05) is 0 Å². The third-order valence-electron chi connectivity index (χ3n) is 8.84. The first kappa shape index (κ1) is 32.6. The Labute approximate surface area is 251 Å². The average molecular weight is 665 g/mol. The molecule has 1 aromatic heterocycles. The summed E-state index contributed by atoms with van der Waals surface area (Å²) in [5, 5.41) is 8.98. The summed E-state index contributed by atoms with van der Waals surface area (Å²) >= 11 is 0. The highest BCUT2D eigenvalue weighted by molar-refractivity contribution is 7.92. The largest absolute Gasteiger partial charge is 0.436 e. The quantitative estimate of drug-likeness (QED) is 0.329. The molecule has 0 saturated carbocycles. The van der Waals surface area contributed by atoms with Gasteiger partial charge >= 0.3 is 18.0 Å². The van der Waals surface area contributed by atoms with Crippen LogP contribution < -0.4 is 0 Å². The molecule has 2 aromatic rings. The first-order valence-corrected chi connectivity index (χ1v) is 15.2. The lowest BCUT2D eigenvalue weighted by molar-refractivity contribution is -0.348. The van der Waals surface area contributed by atoms with Crippen LogP contribution in [0.3, 0.4) is 0 Å². The van der Waals surface area contributed by atoms with E-state index in [0.717, 1.165) is 24.3 Å². The molecule has 3 aliphatic rings. The number of benzene rings is 1. The highest BCUT2D eigenvalue weighted by Gasteiger charge is 2.74. The van der Waals surface area contributed by atoms with E-state index >= 15 is 0 Å². The van der Waals surface area contributed by atoms with Crippen LogP contribution in [0.15, 0.2) is 41.4 Å². The predicted molar refractivity (Wildman–Crippen MR) is 138 cm³/mol. The lowest BCUT2D eigenvalue weighted by Crippen LogP contribution is -2.56. The van der Waals surface area contributed by atoms with E-state index in [-0.39, 0.29) is 62.9 Å². The van der Waals surface area contributed by atoms with Crippen LogP contribution in [0.5, 0.6) is 0 Å². The molecule has 0 unspecified atom stereocenters. The molecule has 45 heavy (non-hydrogen) atoms. The van der Waals surface area contributed by atoms with Crippen LogP contribution in [-0.4, -0.2) is 72.5 Å². The Morgan fingerprint density at radius 3 is 2.29 bits per heavy atom. The summed E-state index contributed by atoms with van der Waals surface area (Å²) in [6.45, 7) is -0.304. The lowest BCUT2D eigenvalue weighted by atomic mass is 9.80. The Morgan fingerprint density at radius 2 is 1.69 bits per heavy atom. The molecule has 3 atom stereocenters. The Hall–Kier alpha value is -3.81. The van der Waals surface area contributed by atoms with Gasteiger partial charge in [-0.3, -0.25) is 14.6 Å². The maximum atomic E-state index is 15.0. The number of aromatic nitrogens is 1. The second-order valence-corrected chi connectivity index (χ2v) is 13.3. The first-order valence-electron chi connectivity index (χ1n) is 13.7. The van der Waals surface area contributed by atoms with Crippen molar-refractivity contribution in [3.05, 3.63) is 59.2 Å². The molecule has 242 valence electrons. The number of likely N-dealkylation sites (tertiary alicyclic amines) is 2. The van der Waals surface area contributed by atoms with Crippen molar-refractivity contribution in [3.63, 3.8) is 0 Å². The van der Waals surface area contributed by atoms with E-state index in [1.807, 2.05) is 6.07 Å². The summed E-state index contributed by atoms with van der Waals surface area (Å²) in [4.78, 5) is 32.1. The highest BCUT2D eigenvalue weighted by Crippen LogP contribution is 2.56. The maximum Gasteiger partial charge on any atom is 0.436 e. The number of aryl methyl sites for hydroxylation is 1. The van der Waals surface area contributed by atoms with Gasteiger partial charge in [-0.05, 0) is 61.6 Å². The number of amides is 2. The average Bonchev–Trinajstić information content (AvgIpc) is 3.55. The lowest BCUT2D eigenvalue weighted by Gasteiger charge is -2.42. The van der Waals surface area contributed by atoms with E-state index in [0.29, 0.717) is 6.07 Å². The third-order valence-corrected chi connectivity index (χ3v) is 11.4. The Morgan fingerprint density at radius 1 is 1.04 bits per heavy atom. The number of pyridine rings is 1. The van der Waals surface area contributed by atoms with Gasteiger partial charge in [0.25, 0.3) is 0 Å². The number of hydrogen-bond acceptors (Lipinski definition) is 6. The van der Waals surface area contributed by atoms with Crippen LogP contribution >= 0.6 is 0 Å². The summed E-state index contributed by atoms with van der Waals surface area (Å²) < 4.78 is 136. The second kappa shape index (κ2) is 10.9. The van der Waals surface area contributed by atoms with E-state index in [1.54, 1.807) is 0 Å². The predicted octanol–water partition coefficient (Wildman–Crippen LogP) is 4.63. The summed E-state index contributed by atoms with van der Waals surface area (Å²) in [5.41, 5.74) is -8.51. The van der Waals surface area contributed by atoms with Crippen LogP contribution in [0.4, 0.5) is 35.1 Å². The maximum absolute atomic E-state index is 15.0. The molecule has 2 fully saturated rings. The van der Waals surface area contributed by atoms with Gasteiger partial charge in [0.05, 0.1) is 29.1 Å². The van der Waals surface area contributed by atoms with Gasteiger partial charge in [0.15, 0.2) is 9.84 Å². The van der Waals surface area contributed by atoms with Crippen LogP contribution in [-0.2, 0) is 36.3 Å². The number of nitriles is 1. The SMILES string of the molecule is N#CCCN1C(=O)CC[C@H]1C(=O)N1CC[C@@]2(S(=O)(=O)c3ccc(F)cc3)c3ncc(C(F)(C(F)(F)F)C(F)(F)F)cc3CC[C@@H]12. The molecule has 3 heterocycles. The standard InChI is InChI=1S/C28H24F8N4O4S/c29-18-3-5-19(6-4-18)45(43,44)25-10-13-40(24(42)20-7-9-22(41)39(20)12-1-11-37)21(25)8-2-16-14-17(15-38-23(16)25)26(30,27(31,32)33)28(34,35)36/h3-6,14-15,20-21H,1-2,7-10,12-13H2/t20-,21+,25-/m0/s1. The van der Waals surface area contributed by atoms with Gasteiger partial charge in [0.2, 0.25) is 11.8 Å². The fourth-order valence-electron chi connectivity index (χ4n) is 6.74. The summed E-state index contributed by atoms with van der Waals surface area (Å²) in [6.07, 6.45) is -13.9. The number of carbonyl (C=O) groups is 2. The van der Waals surface area contributed by atoms with Crippen molar-refractivity contribution in [1.29, 1.82) is 5.26 Å². The molecule has 1 aliphatic carbocycles. The zero-order valence-corrected chi connectivity index (χ0v) is 23.9. The summed E-state index contributed by atoms with van der Waals surface area (Å²) in [7, 11) is -4.71. The molecule has 17 heteroatoms. The van der Waals surface area contributed by atoms with Crippen molar-refractivity contribution in [3.8, 4) is 6.07 Å². The molecule has 2 saturated heterocycles. The van der Waals surface area contributed by atoms with E-state index in [9.17, 15) is 53.1 Å². The van der Waals surface area contributed by atoms with Crippen molar-refractivity contribution in [2.24, 2.45) is 0 Å².